The lowest BCUT2D eigenvalue weighted by molar-refractivity contribution is -0.121. The van der Waals surface area contributed by atoms with Gasteiger partial charge in [-0.3, -0.25) is 9.69 Å². The van der Waals surface area contributed by atoms with Crippen LogP contribution in [0.5, 0.6) is 5.75 Å². The van der Waals surface area contributed by atoms with Gasteiger partial charge in [-0.25, -0.2) is 27.7 Å². The van der Waals surface area contributed by atoms with Crippen LogP contribution in [-0.2, 0) is 21.1 Å². The summed E-state index contributed by atoms with van der Waals surface area (Å²) in [5, 5.41) is 0.105. The number of pyridine rings is 2. The van der Waals surface area contributed by atoms with Gasteiger partial charge in [0.1, 0.15) is 16.5 Å². The Morgan fingerprint density at radius 3 is 2.71 bits per heavy atom. The average Bonchev–Trinajstić information content (AvgIpc) is 3.08. The third-order valence-corrected chi connectivity index (χ3v) is 6.68. The fraction of sp³-hybridized carbons (Fsp3) is 0.174. The molecule has 0 radical (unpaired) electrons. The summed E-state index contributed by atoms with van der Waals surface area (Å²) in [4.78, 5) is 22.5. The number of nitrogens with zero attached hydrogens (tertiary/aromatic N) is 4. The summed E-state index contributed by atoms with van der Waals surface area (Å²) in [6, 6.07) is 8.63. The van der Waals surface area contributed by atoms with Crippen molar-refractivity contribution in [2.24, 2.45) is 0 Å². The molecular weight excluding hydrogens is 464 g/mol. The molecule has 0 saturated carbocycles. The zero-order valence-electron chi connectivity index (χ0n) is 18.2. The van der Waals surface area contributed by atoms with Crippen LogP contribution >= 0.6 is 0 Å². The topological polar surface area (TPSA) is 101 Å². The number of amides is 1. The van der Waals surface area contributed by atoms with Crippen molar-refractivity contribution in [2.45, 2.75) is 18.5 Å². The maximum Gasteiger partial charge on any atom is 0.265 e. The summed E-state index contributed by atoms with van der Waals surface area (Å²) in [5.41, 5.74) is 2.51. The number of fused-ring (bicyclic) bond motifs is 2. The largest absolute Gasteiger partial charge is 0.478 e. The number of anilines is 1. The van der Waals surface area contributed by atoms with Crippen LogP contribution in [0, 0.1) is 23.3 Å². The van der Waals surface area contributed by atoms with Crippen LogP contribution in [0.1, 0.15) is 11.4 Å². The van der Waals surface area contributed by atoms with E-state index in [1.165, 1.54) is 41.6 Å². The molecule has 174 valence electrons. The first-order valence-corrected chi connectivity index (χ1v) is 12.2. The number of imidazole rings is 1. The predicted octanol–water partition coefficient (Wildman–Crippen LogP) is 3.94. The Hall–Kier alpha value is -3.86. The SMILES string of the molecule is Cc1nc2cc(F)c(-c3ccc(S(C)(=N)=O)nc3)cn2c1CN1C(=O)COc2c(F)cccc21. The smallest absolute Gasteiger partial charge is 0.265 e. The molecule has 1 N–H and O–H groups in total. The number of halogens is 2. The summed E-state index contributed by atoms with van der Waals surface area (Å²) < 4.78 is 55.7. The van der Waals surface area contributed by atoms with E-state index in [0.29, 0.717) is 28.3 Å². The van der Waals surface area contributed by atoms with Gasteiger partial charge in [0.05, 0.1) is 33.3 Å². The highest BCUT2D eigenvalue weighted by atomic mass is 32.2. The lowest BCUT2D eigenvalue weighted by Crippen LogP contribution is -2.39. The number of benzene rings is 1. The first-order valence-electron chi connectivity index (χ1n) is 10.2. The maximum absolute atomic E-state index is 14.9. The number of hydrogen-bond acceptors (Lipinski definition) is 6. The van der Waals surface area contributed by atoms with Crippen molar-refractivity contribution in [1.82, 2.24) is 14.4 Å². The normalized spacial score (nSPS) is 15.2. The highest BCUT2D eigenvalue weighted by molar-refractivity contribution is 7.91. The van der Waals surface area contributed by atoms with Crippen LogP contribution in [0.15, 0.2) is 53.8 Å². The Balaban J connectivity index is 1.59. The molecule has 4 aromatic rings. The van der Waals surface area contributed by atoms with E-state index in [2.05, 4.69) is 9.97 Å². The number of ether oxygens (including phenoxy) is 1. The van der Waals surface area contributed by atoms with E-state index >= 15 is 0 Å². The number of carbonyl (C=O) groups excluding carboxylic acids is 1. The van der Waals surface area contributed by atoms with Gasteiger partial charge >= 0.3 is 0 Å². The molecule has 8 nitrogen and oxygen atoms in total. The zero-order valence-corrected chi connectivity index (χ0v) is 19.0. The van der Waals surface area contributed by atoms with E-state index in [0.717, 1.165) is 0 Å². The summed E-state index contributed by atoms with van der Waals surface area (Å²) in [6.07, 6.45) is 4.18. The molecule has 0 fully saturated rings. The molecular formula is C23H19F2N5O3S. The number of nitrogens with one attached hydrogen (secondary N) is 1. The number of para-hydroxylation sites is 1. The van der Waals surface area contributed by atoms with Crippen LogP contribution in [0.3, 0.4) is 0 Å². The Kier molecular flexibility index (Phi) is 5.08. The van der Waals surface area contributed by atoms with Crippen LogP contribution in [0.25, 0.3) is 16.8 Å². The second kappa shape index (κ2) is 7.87. The number of carbonyl (C=O) groups is 1. The van der Waals surface area contributed by atoms with E-state index in [9.17, 15) is 17.8 Å². The molecule has 0 saturated heterocycles. The maximum atomic E-state index is 14.9. The van der Waals surface area contributed by atoms with Gasteiger partial charge in [0.25, 0.3) is 5.91 Å². The minimum atomic E-state index is -2.99. The monoisotopic (exact) mass is 483 g/mol. The molecule has 1 amide bonds. The van der Waals surface area contributed by atoms with Crippen molar-refractivity contribution in [3.63, 3.8) is 0 Å². The van der Waals surface area contributed by atoms with Gasteiger partial charge in [0.2, 0.25) is 0 Å². The van der Waals surface area contributed by atoms with E-state index in [1.807, 2.05) is 0 Å². The van der Waals surface area contributed by atoms with Crippen molar-refractivity contribution in [2.75, 3.05) is 17.8 Å². The summed E-state index contributed by atoms with van der Waals surface area (Å²) in [7, 11) is -2.99. The number of aromatic nitrogens is 3. The first kappa shape index (κ1) is 22.0. The molecule has 1 aliphatic heterocycles. The fourth-order valence-electron chi connectivity index (χ4n) is 3.93. The third kappa shape index (κ3) is 3.67. The van der Waals surface area contributed by atoms with Crippen molar-refractivity contribution < 1.29 is 22.5 Å². The second-order valence-corrected chi connectivity index (χ2v) is 10.1. The summed E-state index contributed by atoms with van der Waals surface area (Å²) in [5.74, 6) is -1.42. The summed E-state index contributed by atoms with van der Waals surface area (Å²) in [6.45, 7) is 1.53. The molecule has 1 atom stereocenters. The summed E-state index contributed by atoms with van der Waals surface area (Å²) >= 11 is 0. The Morgan fingerprint density at radius 2 is 2.00 bits per heavy atom. The van der Waals surface area contributed by atoms with Gasteiger partial charge in [-0.05, 0) is 31.2 Å². The van der Waals surface area contributed by atoms with Crippen LogP contribution in [-0.4, -0.2) is 37.3 Å². The average molecular weight is 484 g/mol. The Bertz CT molecular complexity index is 1570. The highest BCUT2D eigenvalue weighted by Gasteiger charge is 2.29. The van der Waals surface area contributed by atoms with E-state index in [-0.39, 0.29) is 35.4 Å². The fourth-order valence-corrected chi connectivity index (χ4v) is 4.51. The Morgan fingerprint density at radius 1 is 1.21 bits per heavy atom. The Labute approximate surface area is 193 Å². The van der Waals surface area contributed by atoms with Gasteiger partial charge in [0, 0.05) is 35.8 Å². The number of rotatable bonds is 4. The van der Waals surface area contributed by atoms with E-state index in [1.54, 1.807) is 29.7 Å². The van der Waals surface area contributed by atoms with Crippen LogP contribution in [0.4, 0.5) is 14.5 Å². The molecule has 34 heavy (non-hydrogen) atoms. The van der Waals surface area contributed by atoms with Gasteiger partial charge in [-0.2, -0.15) is 0 Å². The van der Waals surface area contributed by atoms with Gasteiger partial charge < -0.3 is 9.14 Å². The minimum absolute atomic E-state index is 0.00775. The van der Waals surface area contributed by atoms with Gasteiger partial charge in [-0.1, -0.05) is 6.07 Å². The number of aryl methyl sites for hydroxylation is 1. The highest BCUT2D eigenvalue weighted by Crippen LogP contribution is 2.36. The zero-order chi connectivity index (χ0) is 24.2. The molecule has 11 heteroatoms. The standard InChI is InChI=1S/C23H19F2N5O3S/c1-13-19(11-30-18-5-3-4-16(24)23(18)33-12-22(30)31)29-10-15(17(25)8-20(29)28-13)14-6-7-21(27-9-14)34(2,26)32/h3-10,26H,11-12H2,1-2H3. The lowest BCUT2D eigenvalue weighted by atomic mass is 10.1. The van der Waals surface area contributed by atoms with Crippen LogP contribution in [0.2, 0.25) is 0 Å². The van der Waals surface area contributed by atoms with Crippen molar-refractivity contribution in [1.29, 1.82) is 4.78 Å². The van der Waals surface area contributed by atoms with Crippen LogP contribution < -0.4 is 9.64 Å². The van der Waals surface area contributed by atoms with Crippen molar-refractivity contribution in [3.8, 4) is 16.9 Å². The number of hydrogen-bond donors (Lipinski definition) is 1. The molecule has 1 aromatic carbocycles. The van der Waals surface area contributed by atoms with Crippen molar-refractivity contribution >= 4 is 27.0 Å². The van der Waals surface area contributed by atoms with E-state index in [4.69, 9.17) is 9.52 Å². The van der Waals surface area contributed by atoms with Gasteiger partial charge in [-0.15, -0.1) is 0 Å². The molecule has 4 heterocycles. The van der Waals surface area contributed by atoms with Crippen molar-refractivity contribution in [3.05, 3.63) is 71.8 Å². The molecule has 1 unspecified atom stereocenters. The quantitative estimate of drug-likeness (QED) is 0.474. The lowest BCUT2D eigenvalue weighted by Gasteiger charge is -2.29. The first-order chi connectivity index (χ1) is 16.1. The molecule has 0 bridgehead atoms. The molecule has 0 aliphatic carbocycles. The second-order valence-electron chi connectivity index (χ2n) is 7.99. The molecule has 1 aliphatic rings. The predicted molar refractivity (Wildman–Crippen MR) is 121 cm³/mol. The van der Waals surface area contributed by atoms with E-state index < -0.39 is 21.4 Å². The molecule has 3 aromatic heterocycles. The minimum Gasteiger partial charge on any atom is -0.478 e. The van der Waals surface area contributed by atoms with Gasteiger partial charge in [0.15, 0.2) is 18.2 Å². The third-order valence-electron chi connectivity index (χ3n) is 5.64. The molecule has 5 rings (SSSR count). The molecule has 0 spiro atoms.